The van der Waals surface area contributed by atoms with Gasteiger partial charge in [-0.2, -0.15) is 0 Å². The minimum Gasteiger partial charge on any atom is -0.369 e. The molecule has 6 heteroatoms. The first-order valence-corrected chi connectivity index (χ1v) is 8.79. The van der Waals surface area contributed by atoms with Crippen LogP contribution < -0.4 is 10.0 Å². The summed E-state index contributed by atoms with van der Waals surface area (Å²) >= 11 is 0. The number of nitrogens with zero attached hydrogens (tertiary/aromatic N) is 1. The SMILES string of the molecule is CCNc1ncccc1S(=O)(=O)NC1CC2CCC1C2. The molecule has 1 heterocycles. The normalized spacial score (nSPS) is 28.8. The van der Waals surface area contributed by atoms with Crippen molar-refractivity contribution >= 4 is 15.8 Å². The van der Waals surface area contributed by atoms with Crippen molar-refractivity contribution in [2.45, 2.75) is 43.5 Å². The van der Waals surface area contributed by atoms with Crippen LogP contribution in [0.25, 0.3) is 0 Å². The Morgan fingerprint density at radius 3 is 2.85 bits per heavy atom. The van der Waals surface area contributed by atoms with E-state index in [1.54, 1.807) is 18.3 Å². The maximum absolute atomic E-state index is 12.6. The lowest BCUT2D eigenvalue weighted by atomic mass is 9.96. The lowest BCUT2D eigenvalue weighted by molar-refractivity contribution is 0.390. The summed E-state index contributed by atoms with van der Waals surface area (Å²) in [5.41, 5.74) is 0. The topological polar surface area (TPSA) is 71.1 Å². The smallest absolute Gasteiger partial charge is 0.244 e. The van der Waals surface area contributed by atoms with Crippen molar-refractivity contribution in [1.29, 1.82) is 0 Å². The summed E-state index contributed by atoms with van der Waals surface area (Å²) in [7, 11) is -3.49. The molecule has 0 spiro atoms. The highest BCUT2D eigenvalue weighted by molar-refractivity contribution is 7.89. The molecule has 110 valence electrons. The van der Waals surface area contributed by atoms with E-state index in [4.69, 9.17) is 0 Å². The number of aromatic nitrogens is 1. The van der Waals surface area contributed by atoms with Crippen LogP contribution in [0.1, 0.15) is 32.6 Å². The average molecular weight is 295 g/mol. The van der Waals surface area contributed by atoms with Gasteiger partial charge in [0.15, 0.2) is 0 Å². The first kappa shape index (κ1) is 13.8. The van der Waals surface area contributed by atoms with Crippen LogP contribution in [0, 0.1) is 11.8 Å². The van der Waals surface area contributed by atoms with Gasteiger partial charge >= 0.3 is 0 Å². The Morgan fingerprint density at radius 1 is 1.35 bits per heavy atom. The maximum Gasteiger partial charge on any atom is 0.244 e. The van der Waals surface area contributed by atoms with Crippen LogP contribution >= 0.6 is 0 Å². The Balaban J connectivity index is 1.81. The van der Waals surface area contributed by atoms with E-state index in [9.17, 15) is 8.42 Å². The number of anilines is 1. The third-order valence-corrected chi connectivity index (χ3v) is 5.97. The van der Waals surface area contributed by atoms with Crippen molar-refractivity contribution in [2.24, 2.45) is 11.8 Å². The Bertz CT molecular complexity index is 588. The van der Waals surface area contributed by atoms with Crippen molar-refractivity contribution in [2.75, 3.05) is 11.9 Å². The Kier molecular flexibility index (Phi) is 3.69. The summed E-state index contributed by atoms with van der Waals surface area (Å²) in [5, 5.41) is 3.01. The van der Waals surface area contributed by atoms with Crippen molar-refractivity contribution in [3.05, 3.63) is 18.3 Å². The molecule has 20 heavy (non-hydrogen) atoms. The van der Waals surface area contributed by atoms with Crippen molar-refractivity contribution in [1.82, 2.24) is 9.71 Å². The van der Waals surface area contributed by atoms with E-state index in [0.717, 1.165) is 18.8 Å². The fraction of sp³-hybridized carbons (Fsp3) is 0.643. The largest absolute Gasteiger partial charge is 0.369 e. The molecule has 3 atom stereocenters. The van der Waals surface area contributed by atoms with Gasteiger partial charge in [-0.25, -0.2) is 18.1 Å². The van der Waals surface area contributed by atoms with E-state index in [0.29, 0.717) is 18.3 Å². The monoisotopic (exact) mass is 295 g/mol. The molecule has 0 saturated heterocycles. The van der Waals surface area contributed by atoms with Crippen LogP contribution in [-0.2, 0) is 10.0 Å². The Morgan fingerprint density at radius 2 is 2.20 bits per heavy atom. The van der Waals surface area contributed by atoms with Gasteiger partial charge in [-0.15, -0.1) is 0 Å². The molecular weight excluding hydrogens is 274 g/mol. The number of sulfonamides is 1. The van der Waals surface area contributed by atoms with E-state index >= 15 is 0 Å². The van der Waals surface area contributed by atoms with E-state index in [1.807, 2.05) is 6.92 Å². The summed E-state index contributed by atoms with van der Waals surface area (Å²) in [5.74, 6) is 1.68. The number of nitrogens with one attached hydrogen (secondary N) is 2. The quantitative estimate of drug-likeness (QED) is 0.871. The van der Waals surface area contributed by atoms with Gasteiger partial charge in [0.2, 0.25) is 10.0 Å². The molecular formula is C14H21N3O2S. The molecule has 2 N–H and O–H groups in total. The molecule has 2 bridgehead atoms. The summed E-state index contributed by atoms with van der Waals surface area (Å²) in [6.07, 6.45) is 6.19. The molecule has 0 amide bonds. The zero-order chi connectivity index (χ0) is 14.2. The van der Waals surface area contributed by atoms with Crippen LogP contribution in [0.5, 0.6) is 0 Å². The van der Waals surface area contributed by atoms with Crippen molar-refractivity contribution < 1.29 is 8.42 Å². The van der Waals surface area contributed by atoms with E-state index in [2.05, 4.69) is 15.0 Å². The first-order valence-electron chi connectivity index (χ1n) is 7.31. The molecule has 1 aromatic heterocycles. The second kappa shape index (κ2) is 5.33. The Labute approximate surface area is 120 Å². The van der Waals surface area contributed by atoms with Gasteiger partial charge in [-0.3, -0.25) is 0 Å². The van der Waals surface area contributed by atoms with Gasteiger partial charge in [0.05, 0.1) is 0 Å². The standard InChI is InChI=1S/C14H21N3O2S/c1-2-15-14-13(4-3-7-16-14)20(18,19)17-12-9-10-5-6-11(12)8-10/h3-4,7,10-12,17H,2,5-6,8-9H2,1H3,(H,15,16). The fourth-order valence-electron chi connectivity index (χ4n) is 3.56. The molecule has 2 aliphatic rings. The zero-order valence-corrected chi connectivity index (χ0v) is 12.5. The second-order valence-corrected chi connectivity index (χ2v) is 7.47. The van der Waals surface area contributed by atoms with Crippen molar-refractivity contribution in [3.63, 3.8) is 0 Å². The molecule has 3 rings (SSSR count). The molecule has 2 fully saturated rings. The summed E-state index contributed by atoms with van der Waals surface area (Å²) < 4.78 is 28.0. The predicted molar refractivity (Wildman–Crippen MR) is 78.0 cm³/mol. The molecule has 0 aliphatic heterocycles. The first-order chi connectivity index (χ1) is 9.60. The number of pyridine rings is 1. The number of hydrogen-bond donors (Lipinski definition) is 2. The number of hydrogen-bond acceptors (Lipinski definition) is 4. The lowest BCUT2D eigenvalue weighted by Crippen LogP contribution is -2.38. The lowest BCUT2D eigenvalue weighted by Gasteiger charge is -2.23. The van der Waals surface area contributed by atoms with Crippen molar-refractivity contribution in [3.8, 4) is 0 Å². The highest BCUT2D eigenvalue weighted by Gasteiger charge is 2.41. The molecule has 2 saturated carbocycles. The Hall–Kier alpha value is -1.14. The zero-order valence-electron chi connectivity index (χ0n) is 11.7. The molecule has 0 radical (unpaired) electrons. The summed E-state index contributed by atoms with van der Waals surface area (Å²) in [4.78, 5) is 4.38. The van der Waals surface area contributed by atoms with Gasteiger partial charge < -0.3 is 5.32 Å². The fourth-order valence-corrected chi connectivity index (χ4v) is 5.01. The predicted octanol–water partition coefficient (Wildman–Crippen LogP) is 1.98. The molecule has 5 nitrogen and oxygen atoms in total. The van der Waals surface area contributed by atoms with Gasteiger partial charge in [0, 0.05) is 18.8 Å². The number of rotatable bonds is 5. The minimum absolute atomic E-state index is 0.105. The molecule has 0 aromatic carbocycles. The molecule has 1 aromatic rings. The third-order valence-electron chi connectivity index (χ3n) is 4.45. The summed E-state index contributed by atoms with van der Waals surface area (Å²) in [6.45, 7) is 2.57. The summed E-state index contributed by atoms with van der Waals surface area (Å²) in [6, 6.07) is 3.38. The maximum atomic E-state index is 12.6. The van der Waals surface area contributed by atoms with Crippen LogP contribution in [0.4, 0.5) is 5.82 Å². The highest BCUT2D eigenvalue weighted by atomic mass is 32.2. The molecule has 3 unspecified atom stereocenters. The number of fused-ring (bicyclic) bond motifs is 2. The third kappa shape index (κ3) is 2.54. The minimum atomic E-state index is -3.49. The van der Waals surface area contributed by atoms with Gasteiger partial charge in [-0.1, -0.05) is 6.42 Å². The molecule has 2 aliphatic carbocycles. The average Bonchev–Trinajstić information content (AvgIpc) is 3.01. The second-order valence-electron chi connectivity index (χ2n) is 5.78. The van der Waals surface area contributed by atoms with Crippen LogP contribution in [0.3, 0.4) is 0 Å². The van der Waals surface area contributed by atoms with Gasteiger partial charge in [0.1, 0.15) is 10.7 Å². The van der Waals surface area contributed by atoms with Gasteiger partial charge in [0.25, 0.3) is 0 Å². The van der Waals surface area contributed by atoms with E-state index < -0.39 is 10.0 Å². The van der Waals surface area contributed by atoms with E-state index in [-0.39, 0.29) is 10.9 Å². The van der Waals surface area contributed by atoms with E-state index in [1.165, 1.54) is 12.8 Å². The van der Waals surface area contributed by atoms with Crippen LogP contribution in [-0.4, -0.2) is 26.0 Å². The highest BCUT2D eigenvalue weighted by Crippen LogP contribution is 2.44. The van der Waals surface area contributed by atoms with Gasteiger partial charge in [-0.05, 0) is 50.2 Å². The van der Waals surface area contributed by atoms with Crippen LogP contribution in [0.15, 0.2) is 23.2 Å². The van der Waals surface area contributed by atoms with Crippen LogP contribution in [0.2, 0.25) is 0 Å².